The number of rotatable bonds is 3. The van der Waals surface area contributed by atoms with E-state index >= 15 is 0 Å². The van der Waals surface area contributed by atoms with Crippen LogP contribution in [-0.2, 0) is 0 Å². The summed E-state index contributed by atoms with van der Waals surface area (Å²) in [5.41, 5.74) is 2.54. The van der Waals surface area contributed by atoms with Crippen molar-refractivity contribution in [1.29, 1.82) is 0 Å². The fourth-order valence-corrected chi connectivity index (χ4v) is 2.35. The minimum absolute atomic E-state index is 0.358. The van der Waals surface area contributed by atoms with Crippen LogP contribution in [0.3, 0.4) is 0 Å². The van der Waals surface area contributed by atoms with Crippen molar-refractivity contribution in [2.45, 2.75) is 0 Å². The SMILES string of the molecule is O=C(Oc1ccc(-c2ccccc2)cc1)c1ccccc1Cl. The molecule has 0 aliphatic rings. The number of benzene rings is 3. The standard InChI is InChI=1S/C19H13ClO2/c20-18-9-5-4-8-17(18)19(21)22-16-12-10-15(11-13-16)14-6-2-1-3-7-14/h1-13H. The quantitative estimate of drug-likeness (QED) is 0.489. The first-order valence-electron chi connectivity index (χ1n) is 6.86. The van der Waals surface area contributed by atoms with Crippen LogP contribution >= 0.6 is 11.6 Å². The van der Waals surface area contributed by atoms with Crippen molar-refractivity contribution in [3.63, 3.8) is 0 Å². The molecule has 0 fully saturated rings. The van der Waals surface area contributed by atoms with E-state index in [4.69, 9.17) is 16.3 Å². The molecule has 0 aliphatic carbocycles. The van der Waals surface area contributed by atoms with Crippen molar-refractivity contribution in [1.82, 2.24) is 0 Å². The Kier molecular flexibility index (Phi) is 4.22. The van der Waals surface area contributed by atoms with Crippen molar-refractivity contribution in [2.24, 2.45) is 0 Å². The molecule has 0 heterocycles. The Morgan fingerprint density at radius 3 is 2.00 bits per heavy atom. The Morgan fingerprint density at radius 1 is 0.727 bits per heavy atom. The van der Waals surface area contributed by atoms with Gasteiger partial charge in [-0.2, -0.15) is 0 Å². The smallest absolute Gasteiger partial charge is 0.345 e. The number of ether oxygens (including phenoxy) is 1. The van der Waals surface area contributed by atoms with E-state index in [-0.39, 0.29) is 0 Å². The highest BCUT2D eigenvalue weighted by molar-refractivity contribution is 6.33. The summed E-state index contributed by atoms with van der Waals surface area (Å²) >= 11 is 5.99. The van der Waals surface area contributed by atoms with Crippen LogP contribution < -0.4 is 4.74 Å². The maximum absolute atomic E-state index is 12.1. The number of halogens is 1. The second-order valence-electron chi connectivity index (χ2n) is 4.76. The highest BCUT2D eigenvalue weighted by Gasteiger charge is 2.12. The lowest BCUT2D eigenvalue weighted by Crippen LogP contribution is -2.08. The van der Waals surface area contributed by atoms with E-state index in [0.717, 1.165) is 11.1 Å². The molecule has 3 aromatic rings. The molecular weight excluding hydrogens is 296 g/mol. The lowest BCUT2D eigenvalue weighted by Gasteiger charge is -2.07. The normalized spacial score (nSPS) is 10.2. The summed E-state index contributed by atoms with van der Waals surface area (Å²) in [6.45, 7) is 0. The fourth-order valence-electron chi connectivity index (χ4n) is 2.13. The van der Waals surface area contributed by atoms with E-state index in [0.29, 0.717) is 16.3 Å². The first kappa shape index (κ1) is 14.4. The van der Waals surface area contributed by atoms with E-state index < -0.39 is 5.97 Å². The molecule has 22 heavy (non-hydrogen) atoms. The number of hydrogen-bond acceptors (Lipinski definition) is 2. The predicted molar refractivity (Wildman–Crippen MR) is 88.3 cm³/mol. The van der Waals surface area contributed by atoms with Gasteiger partial charge in [0.25, 0.3) is 0 Å². The molecule has 0 radical (unpaired) electrons. The molecule has 0 saturated carbocycles. The molecular formula is C19H13ClO2. The highest BCUT2D eigenvalue weighted by atomic mass is 35.5. The third-order valence-electron chi connectivity index (χ3n) is 3.27. The van der Waals surface area contributed by atoms with Crippen LogP contribution in [0, 0.1) is 0 Å². The summed E-state index contributed by atoms with van der Waals surface area (Å²) in [6.07, 6.45) is 0. The summed E-state index contributed by atoms with van der Waals surface area (Å²) in [5, 5.41) is 0.383. The average Bonchev–Trinajstić information content (AvgIpc) is 2.57. The second kappa shape index (κ2) is 6.46. The number of carbonyl (C=O) groups is 1. The van der Waals surface area contributed by atoms with Gasteiger partial charge in [0.1, 0.15) is 5.75 Å². The monoisotopic (exact) mass is 308 g/mol. The lowest BCUT2D eigenvalue weighted by atomic mass is 10.1. The minimum Gasteiger partial charge on any atom is -0.423 e. The van der Waals surface area contributed by atoms with E-state index in [1.807, 2.05) is 42.5 Å². The Hall–Kier alpha value is -2.58. The second-order valence-corrected chi connectivity index (χ2v) is 5.17. The van der Waals surface area contributed by atoms with Gasteiger partial charge in [0.05, 0.1) is 10.6 Å². The summed E-state index contributed by atoms with van der Waals surface area (Å²) in [7, 11) is 0. The van der Waals surface area contributed by atoms with Gasteiger partial charge in [0.15, 0.2) is 0 Å². The summed E-state index contributed by atoms with van der Waals surface area (Å²) < 4.78 is 5.35. The topological polar surface area (TPSA) is 26.3 Å². The molecule has 0 saturated heterocycles. The molecule has 0 amide bonds. The van der Waals surface area contributed by atoms with Gasteiger partial charge in [-0.3, -0.25) is 0 Å². The Morgan fingerprint density at radius 2 is 1.32 bits per heavy atom. The third kappa shape index (κ3) is 3.18. The summed E-state index contributed by atoms with van der Waals surface area (Å²) in [5.74, 6) is 0.0302. The largest absolute Gasteiger partial charge is 0.423 e. The van der Waals surface area contributed by atoms with Crippen molar-refractivity contribution < 1.29 is 9.53 Å². The van der Waals surface area contributed by atoms with Gasteiger partial charge in [0.2, 0.25) is 0 Å². The minimum atomic E-state index is -0.460. The van der Waals surface area contributed by atoms with Crippen LogP contribution in [-0.4, -0.2) is 5.97 Å². The van der Waals surface area contributed by atoms with Crippen LogP contribution in [0.15, 0.2) is 78.9 Å². The molecule has 108 valence electrons. The molecule has 3 heteroatoms. The third-order valence-corrected chi connectivity index (χ3v) is 3.60. The van der Waals surface area contributed by atoms with Crippen LogP contribution in [0.1, 0.15) is 10.4 Å². The predicted octanol–water partition coefficient (Wildman–Crippen LogP) is 5.23. The maximum atomic E-state index is 12.1. The van der Waals surface area contributed by atoms with Gasteiger partial charge in [0, 0.05) is 0 Å². The Balaban J connectivity index is 1.77. The zero-order chi connectivity index (χ0) is 15.4. The summed E-state index contributed by atoms with van der Waals surface area (Å²) in [4.78, 5) is 12.1. The first-order chi connectivity index (χ1) is 10.7. The van der Waals surface area contributed by atoms with Gasteiger partial charge in [-0.25, -0.2) is 4.79 Å². The number of esters is 1. The summed E-state index contributed by atoms with van der Waals surface area (Å²) in [6, 6.07) is 24.2. The van der Waals surface area contributed by atoms with Gasteiger partial charge < -0.3 is 4.74 Å². The number of hydrogen-bond donors (Lipinski definition) is 0. The van der Waals surface area contributed by atoms with Gasteiger partial charge in [-0.05, 0) is 35.4 Å². The molecule has 0 atom stereocenters. The Bertz CT molecular complexity index is 780. The van der Waals surface area contributed by atoms with Crippen LogP contribution in [0.5, 0.6) is 5.75 Å². The van der Waals surface area contributed by atoms with E-state index in [9.17, 15) is 4.79 Å². The van der Waals surface area contributed by atoms with E-state index in [2.05, 4.69) is 0 Å². The molecule has 0 N–H and O–H groups in total. The fraction of sp³-hybridized carbons (Fsp3) is 0. The van der Waals surface area contributed by atoms with Gasteiger partial charge >= 0.3 is 5.97 Å². The van der Waals surface area contributed by atoms with Crippen molar-refractivity contribution in [3.05, 3.63) is 89.4 Å². The molecule has 0 aliphatic heterocycles. The number of carbonyl (C=O) groups excluding carboxylic acids is 1. The zero-order valence-corrected chi connectivity index (χ0v) is 12.5. The van der Waals surface area contributed by atoms with Gasteiger partial charge in [-0.15, -0.1) is 0 Å². The zero-order valence-electron chi connectivity index (χ0n) is 11.7. The molecule has 3 rings (SSSR count). The van der Waals surface area contributed by atoms with Crippen molar-refractivity contribution >= 4 is 17.6 Å². The molecule has 0 unspecified atom stereocenters. The molecule has 0 spiro atoms. The molecule has 2 nitrogen and oxygen atoms in total. The van der Waals surface area contributed by atoms with Gasteiger partial charge in [-0.1, -0.05) is 66.2 Å². The van der Waals surface area contributed by atoms with Crippen LogP contribution in [0.2, 0.25) is 5.02 Å². The lowest BCUT2D eigenvalue weighted by molar-refractivity contribution is 0.0735. The average molecular weight is 309 g/mol. The van der Waals surface area contributed by atoms with Crippen LogP contribution in [0.25, 0.3) is 11.1 Å². The first-order valence-corrected chi connectivity index (χ1v) is 7.24. The Labute approximate surface area is 133 Å². The molecule has 0 bridgehead atoms. The van der Waals surface area contributed by atoms with E-state index in [1.165, 1.54) is 0 Å². The highest BCUT2D eigenvalue weighted by Crippen LogP contribution is 2.23. The van der Waals surface area contributed by atoms with Crippen molar-refractivity contribution in [3.8, 4) is 16.9 Å². The van der Waals surface area contributed by atoms with E-state index in [1.54, 1.807) is 36.4 Å². The molecule has 0 aromatic heterocycles. The maximum Gasteiger partial charge on any atom is 0.345 e. The molecule has 3 aromatic carbocycles. The van der Waals surface area contributed by atoms with Crippen LogP contribution in [0.4, 0.5) is 0 Å². The van der Waals surface area contributed by atoms with Crippen molar-refractivity contribution in [2.75, 3.05) is 0 Å².